The van der Waals surface area contributed by atoms with Crippen LogP contribution in [0.15, 0.2) is 0 Å². The van der Waals surface area contributed by atoms with Crippen molar-refractivity contribution in [3.8, 4) is 0 Å². The van der Waals surface area contributed by atoms with E-state index in [2.05, 4.69) is 5.32 Å². The Morgan fingerprint density at radius 3 is 2.61 bits per heavy atom. The summed E-state index contributed by atoms with van der Waals surface area (Å²) in [5, 5.41) is 3.19. The summed E-state index contributed by atoms with van der Waals surface area (Å²) in [5.74, 6) is 3.28. The van der Waals surface area contributed by atoms with Crippen LogP contribution in [0.4, 0.5) is 0 Å². The molecule has 0 bridgehead atoms. The van der Waals surface area contributed by atoms with E-state index in [0.29, 0.717) is 12.3 Å². The molecule has 0 aromatic carbocycles. The van der Waals surface area contributed by atoms with Crippen LogP contribution in [0.5, 0.6) is 0 Å². The van der Waals surface area contributed by atoms with Crippen molar-refractivity contribution in [1.82, 2.24) is 5.32 Å². The van der Waals surface area contributed by atoms with Crippen molar-refractivity contribution >= 4 is 17.7 Å². The fraction of sp³-hybridized carbons (Fsp3) is 0.929. The Morgan fingerprint density at radius 2 is 1.83 bits per heavy atom. The van der Waals surface area contributed by atoms with Crippen LogP contribution in [0, 0.1) is 5.92 Å². The maximum absolute atomic E-state index is 12.1. The molecular formula is C14H26N2OS. The minimum atomic E-state index is 0.165. The lowest BCUT2D eigenvalue weighted by Gasteiger charge is -2.25. The molecule has 1 aliphatic heterocycles. The average molecular weight is 270 g/mol. The second-order valence-electron chi connectivity index (χ2n) is 5.74. The van der Waals surface area contributed by atoms with E-state index in [0.717, 1.165) is 12.8 Å². The van der Waals surface area contributed by atoms with Crippen molar-refractivity contribution in [2.45, 2.75) is 63.5 Å². The molecule has 3 nitrogen and oxygen atoms in total. The van der Waals surface area contributed by atoms with Crippen LogP contribution in [0.3, 0.4) is 0 Å². The van der Waals surface area contributed by atoms with Gasteiger partial charge in [0, 0.05) is 18.5 Å². The van der Waals surface area contributed by atoms with E-state index >= 15 is 0 Å². The summed E-state index contributed by atoms with van der Waals surface area (Å²) in [7, 11) is 0. The van der Waals surface area contributed by atoms with Crippen molar-refractivity contribution in [3.05, 3.63) is 0 Å². The molecule has 18 heavy (non-hydrogen) atoms. The topological polar surface area (TPSA) is 55.1 Å². The fourth-order valence-electron chi connectivity index (χ4n) is 2.99. The van der Waals surface area contributed by atoms with Crippen LogP contribution in [0.1, 0.15) is 51.4 Å². The summed E-state index contributed by atoms with van der Waals surface area (Å²) in [6.07, 6.45) is 8.93. The van der Waals surface area contributed by atoms with Gasteiger partial charge in [0.25, 0.3) is 0 Å². The number of hydrogen-bond donors (Lipinski definition) is 2. The molecular weight excluding hydrogens is 244 g/mol. The first-order valence-electron chi connectivity index (χ1n) is 7.38. The second kappa shape index (κ2) is 7.39. The van der Waals surface area contributed by atoms with E-state index in [1.165, 1.54) is 43.6 Å². The van der Waals surface area contributed by atoms with Gasteiger partial charge in [0.1, 0.15) is 0 Å². The number of amides is 1. The monoisotopic (exact) mass is 270 g/mol. The van der Waals surface area contributed by atoms with Crippen molar-refractivity contribution in [2.24, 2.45) is 11.7 Å². The number of rotatable bonds is 3. The van der Waals surface area contributed by atoms with Gasteiger partial charge in [-0.2, -0.15) is 11.8 Å². The summed E-state index contributed by atoms with van der Waals surface area (Å²) in [5.41, 5.74) is 6.14. The molecule has 2 fully saturated rings. The first-order chi connectivity index (χ1) is 8.75. The van der Waals surface area contributed by atoms with Gasteiger partial charge in [-0.25, -0.2) is 0 Å². The van der Waals surface area contributed by atoms with E-state index in [1.807, 2.05) is 11.8 Å². The van der Waals surface area contributed by atoms with Crippen LogP contribution < -0.4 is 11.1 Å². The lowest BCUT2D eigenvalue weighted by atomic mass is 9.97. The Bertz CT molecular complexity index is 267. The fourth-order valence-corrected chi connectivity index (χ4v) is 4.20. The van der Waals surface area contributed by atoms with Crippen molar-refractivity contribution in [1.29, 1.82) is 0 Å². The standard InChI is InChI=1S/C14H26N2OS/c15-12-4-2-1-3-5-13(12)16-14(17)10-11-6-8-18-9-7-11/h11-13H,1-10,15H2,(H,16,17). The molecule has 4 heteroatoms. The normalized spacial score (nSPS) is 30.7. The van der Waals surface area contributed by atoms with Crippen LogP contribution in [-0.4, -0.2) is 29.5 Å². The molecule has 3 N–H and O–H groups in total. The van der Waals surface area contributed by atoms with Gasteiger partial charge in [0.05, 0.1) is 0 Å². The van der Waals surface area contributed by atoms with Crippen LogP contribution in [-0.2, 0) is 4.79 Å². The van der Waals surface area contributed by atoms with Gasteiger partial charge in [-0.15, -0.1) is 0 Å². The molecule has 2 unspecified atom stereocenters. The zero-order chi connectivity index (χ0) is 12.8. The van der Waals surface area contributed by atoms with Crippen LogP contribution >= 0.6 is 11.8 Å². The molecule has 104 valence electrons. The summed E-state index contributed by atoms with van der Waals surface area (Å²) in [6.45, 7) is 0. The molecule has 1 saturated heterocycles. The predicted octanol–water partition coefficient (Wildman–Crippen LogP) is 2.30. The van der Waals surface area contributed by atoms with Crippen LogP contribution in [0.25, 0.3) is 0 Å². The van der Waals surface area contributed by atoms with Gasteiger partial charge in [-0.3, -0.25) is 4.79 Å². The van der Waals surface area contributed by atoms with Gasteiger partial charge < -0.3 is 11.1 Å². The Labute approximate surface area is 115 Å². The summed E-state index contributed by atoms with van der Waals surface area (Å²) < 4.78 is 0. The van der Waals surface area contributed by atoms with Gasteiger partial charge >= 0.3 is 0 Å². The Morgan fingerprint density at radius 1 is 1.11 bits per heavy atom. The Balaban J connectivity index is 1.74. The third kappa shape index (κ3) is 4.47. The quantitative estimate of drug-likeness (QED) is 0.774. The molecule has 0 aromatic rings. The minimum Gasteiger partial charge on any atom is -0.352 e. The molecule has 1 heterocycles. The maximum Gasteiger partial charge on any atom is 0.220 e. The molecule has 2 atom stereocenters. The summed E-state index contributed by atoms with van der Waals surface area (Å²) >= 11 is 2.01. The zero-order valence-electron chi connectivity index (χ0n) is 11.2. The number of carbonyl (C=O) groups excluding carboxylic acids is 1. The highest BCUT2D eigenvalue weighted by atomic mass is 32.2. The highest BCUT2D eigenvalue weighted by Gasteiger charge is 2.23. The molecule has 2 aliphatic rings. The van der Waals surface area contributed by atoms with Gasteiger partial charge in [0.15, 0.2) is 0 Å². The molecule has 0 radical (unpaired) electrons. The lowest BCUT2D eigenvalue weighted by Crippen LogP contribution is -2.47. The second-order valence-corrected chi connectivity index (χ2v) is 6.96. The SMILES string of the molecule is NC1CCCCCC1NC(=O)CC1CCSCC1. The first-order valence-corrected chi connectivity index (χ1v) is 8.54. The van der Waals surface area contributed by atoms with Gasteiger partial charge in [-0.1, -0.05) is 19.3 Å². The van der Waals surface area contributed by atoms with Crippen molar-refractivity contribution in [3.63, 3.8) is 0 Å². The third-order valence-electron chi connectivity index (χ3n) is 4.23. The van der Waals surface area contributed by atoms with Gasteiger partial charge in [0.2, 0.25) is 5.91 Å². The predicted molar refractivity (Wildman–Crippen MR) is 77.7 cm³/mol. The minimum absolute atomic E-state index is 0.165. The summed E-state index contributed by atoms with van der Waals surface area (Å²) in [4.78, 5) is 12.1. The number of thioether (sulfide) groups is 1. The molecule has 1 saturated carbocycles. The number of nitrogens with two attached hydrogens (primary N) is 1. The Kier molecular flexibility index (Phi) is 5.83. The van der Waals surface area contributed by atoms with E-state index in [1.54, 1.807) is 0 Å². The lowest BCUT2D eigenvalue weighted by molar-refractivity contribution is -0.123. The molecule has 0 aromatic heterocycles. The zero-order valence-corrected chi connectivity index (χ0v) is 12.0. The van der Waals surface area contributed by atoms with Crippen molar-refractivity contribution < 1.29 is 4.79 Å². The van der Waals surface area contributed by atoms with E-state index in [9.17, 15) is 4.79 Å². The number of hydrogen-bond acceptors (Lipinski definition) is 3. The van der Waals surface area contributed by atoms with E-state index in [-0.39, 0.29) is 18.0 Å². The third-order valence-corrected chi connectivity index (χ3v) is 5.28. The number of carbonyl (C=O) groups is 1. The highest BCUT2D eigenvalue weighted by Crippen LogP contribution is 2.25. The van der Waals surface area contributed by atoms with Gasteiger partial charge in [-0.05, 0) is 43.1 Å². The molecule has 0 spiro atoms. The highest BCUT2D eigenvalue weighted by molar-refractivity contribution is 7.99. The molecule has 1 aliphatic carbocycles. The van der Waals surface area contributed by atoms with Crippen LogP contribution in [0.2, 0.25) is 0 Å². The first kappa shape index (κ1) is 14.2. The average Bonchev–Trinajstić information content (AvgIpc) is 2.56. The molecule has 2 rings (SSSR count). The van der Waals surface area contributed by atoms with E-state index < -0.39 is 0 Å². The summed E-state index contributed by atoms with van der Waals surface area (Å²) in [6, 6.07) is 0.385. The maximum atomic E-state index is 12.1. The Hall–Kier alpha value is -0.220. The smallest absolute Gasteiger partial charge is 0.220 e. The largest absolute Gasteiger partial charge is 0.352 e. The van der Waals surface area contributed by atoms with Crippen molar-refractivity contribution in [2.75, 3.05) is 11.5 Å². The molecule has 1 amide bonds. The van der Waals surface area contributed by atoms with E-state index in [4.69, 9.17) is 5.73 Å². The number of nitrogens with one attached hydrogen (secondary N) is 1.